The number of aryl methyl sites for hydroxylation is 2. The smallest absolute Gasteiger partial charge is 0.336 e. The van der Waals surface area contributed by atoms with E-state index in [1.807, 2.05) is 38.3 Å². The van der Waals surface area contributed by atoms with Crippen LogP contribution in [0.3, 0.4) is 0 Å². The van der Waals surface area contributed by atoms with Crippen LogP contribution < -0.4 is 20.4 Å². The summed E-state index contributed by atoms with van der Waals surface area (Å²) in [6, 6.07) is 5.38. The van der Waals surface area contributed by atoms with Crippen LogP contribution in [0.4, 0.5) is 0 Å². The van der Waals surface area contributed by atoms with Crippen LogP contribution in [0.15, 0.2) is 38.2 Å². The van der Waals surface area contributed by atoms with Crippen LogP contribution in [-0.2, 0) is 24.1 Å². The van der Waals surface area contributed by atoms with Gasteiger partial charge in [0, 0.05) is 24.2 Å². The second-order valence-electron chi connectivity index (χ2n) is 8.38. The van der Waals surface area contributed by atoms with Crippen LogP contribution in [0.25, 0.3) is 11.0 Å². The van der Waals surface area contributed by atoms with Gasteiger partial charge in [0.2, 0.25) is 0 Å². The van der Waals surface area contributed by atoms with E-state index in [2.05, 4.69) is 10.7 Å². The fourth-order valence-electron chi connectivity index (χ4n) is 3.88. The van der Waals surface area contributed by atoms with Crippen molar-refractivity contribution >= 4 is 28.2 Å². The van der Waals surface area contributed by atoms with Crippen molar-refractivity contribution in [3.8, 4) is 11.5 Å². The summed E-state index contributed by atoms with van der Waals surface area (Å²) in [4.78, 5) is 24.5. The van der Waals surface area contributed by atoms with Crippen molar-refractivity contribution in [2.24, 2.45) is 0 Å². The molecular formula is C24H27NO5S. The Bertz CT molecular complexity index is 1150. The van der Waals surface area contributed by atoms with Gasteiger partial charge in [-0.2, -0.15) is 11.3 Å². The highest BCUT2D eigenvalue weighted by molar-refractivity contribution is 7.07. The lowest BCUT2D eigenvalue weighted by molar-refractivity contribution is -0.123. The molecule has 3 heterocycles. The number of hydrogen-bond donors (Lipinski definition) is 1. The summed E-state index contributed by atoms with van der Waals surface area (Å²) >= 11 is 1.64. The number of rotatable bonds is 7. The van der Waals surface area contributed by atoms with Crippen molar-refractivity contribution in [1.29, 1.82) is 0 Å². The number of ether oxygens (including phenoxy) is 2. The molecule has 0 saturated carbocycles. The minimum atomic E-state index is -0.389. The number of carbonyl (C=O) groups excluding carboxylic acids is 1. The molecule has 1 aliphatic rings. The summed E-state index contributed by atoms with van der Waals surface area (Å²) in [7, 11) is 0. The summed E-state index contributed by atoms with van der Waals surface area (Å²) in [6.07, 6.45) is 3.00. The molecule has 0 bridgehead atoms. The molecule has 0 saturated heterocycles. The van der Waals surface area contributed by atoms with Crippen LogP contribution in [-0.4, -0.2) is 24.7 Å². The van der Waals surface area contributed by atoms with E-state index in [9.17, 15) is 9.59 Å². The van der Waals surface area contributed by atoms with Gasteiger partial charge in [0.15, 0.2) is 6.61 Å². The quantitative estimate of drug-likeness (QED) is 0.555. The minimum absolute atomic E-state index is 0.122. The lowest BCUT2D eigenvalue weighted by atomic mass is 9.92. The van der Waals surface area contributed by atoms with Crippen molar-refractivity contribution in [3.63, 3.8) is 0 Å². The van der Waals surface area contributed by atoms with E-state index in [4.69, 9.17) is 13.9 Å². The first kappa shape index (κ1) is 21.4. The van der Waals surface area contributed by atoms with Gasteiger partial charge < -0.3 is 19.2 Å². The Hall–Kier alpha value is -2.80. The van der Waals surface area contributed by atoms with Gasteiger partial charge in [0.25, 0.3) is 5.91 Å². The van der Waals surface area contributed by atoms with Crippen molar-refractivity contribution in [2.45, 2.75) is 52.1 Å². The maximum Gasteiger partial charge on any atom is 0.336 e. The van der Waals surface area contributed by atoms with Gasteiger partial charge in [-0.15, -0.1) is 0 Å². The van der Waals surface area contributed by atoms with Crippen molar-refractivity contribution in [1.82, 2.24) is 5.32 Å². The Morgan fingerprint density at radius 3 is 2.90 bits per heavy atom. The fourth-order valence-corrected chi connectivity index (χ4v) is 4.59. The van der Waals surface area contributed by atoms with Crippen molar-refractivity contribution in [2.75, 3.05) is 13.2 Å². The Kier molecular flexibility index (Phi) is 6.05. The average Bonchev–Trinajstić information content (AvgIpc) is 3.23. The third kappa shape index (κ3) is 4.77. The second kappa shape index (κ2) is 8.75. The highest BCUT2D eigenvalue weighted by Gasteiger charge is 2.30. The van der Waals surface area contributed by atoms with E-state index in [0.717, 1.165) is 35.8 Å². The molecule has 0 radical (unpaired) electrons. The van der Waals surface area contributed by atoms with Crippen LogP contribution in [0.5, 0.6) is 11.5 Å². The van der Waals surface area contributed by atoms with Crippen LogP contribution in [0, 0.1) is 0 Å². The second-order valence-corrected chi connectivity index (χ2v) is 9.16. The molecule has 1 aromatic carbocycles. The van der Waals surface area contributed by atoms with Gasteiger partial charge in [-0.05, 0) is 67.5 Å². The number of nitrogens with one attached hydrogen (secondary N) is 1. The maximum atomic E-state index is 12.3. The average molecular weight is 442 g/mol. The van der Waals surface area contributed by atoms with Gasteiger partial charge in [0.05, 0.1) is 5.39 Å². The topological polar surface area (TPSA) is 77.8 Å². The number of thiophene rings is 1. The van der Waals surface area contributed by atoms with E-state index < -0.39 is 0 Å². The Balaban J connectivity index is 1.59. The molecule has 164 valence electrons. The van der Waals surface area contributed by atoms with E-state index in [1.165, 1.54) is 11.6 Å². The molecule has 2 aromatic heterocycles. The molecule has 7 heteroatoms. The molecule has 0 aliphatic carbocycles. The van der Waals surface area contributed by atoms with Gasteiger partial charge in [-0.3, -0.25) is 4.79 Å². The molecule has 4 rings (SSSR count). The summed E-state index contributed by atoms with van der Waals surface area (Å²) < 4.78 is 17.7. The zero-order chi connectivity index (χ0) is 22.0. The first-order valence-electron chi connectivity index (χ1n) is 10.6. The molecular weight excluding hydrogens is 414 g/mol. The molecule has 6 nitrogen and oxygen atoms in total. The SMILES string of the molecule is CCc1cc(=O)oc2c3c(cc(OCC(=O)NCCc4ccsc4)c12)OC(C)(C)CC3. The van der Waals surface area contributed by atoms with E-state index in [1.54, 1.807) is 11.3 Å². The first-order chi connectivity index (χ1) is 14.9. The number of hydrogen-bond acceptors (Lipinski definition) is 6. The predicted molar refractivity (Wildman–Crippen MR) is 121 cm³/mol. The molecule has 1 aliphatic heterocycles. The number of carbonyl (C=O) groups is 1. The van der Waals surface area contributed by atoms with Gasteiger partial charge in [-0.25, -0.2) is 4.79 Å². The third-order valence-corrected chi connectivity index (χ3v) is 6.27. The molecule has 1 amide bonds. The van der Waals surface area contributed by atoms with Crippen LogP contribution in [0.1, 0.15) is 43.9 Å². The van der Waals surface area contributed by atoms with Gasteiger partial charge >= 0.3 is 5.63 Å². The Morgan fingerprint density at radius 1 is 1.32 bits per heavy atom. The molecule has 0 unspecified atom stereocenters. The molecule has 0 atom stereocenters. The highest BCUT2D eigenvalue weighted by Crippen LogP contribution is 2.42. The summed E-state index contributed by atoms with van der Waals surface area (Å²) in [5.41, 5.74) is 2.72. The van der Waals surface area contributed by atoms with Gasteiger partial charge in [0.1, 0.15) is 22.7 Å². The Morgan fingerprint density at radius 2 is 2.16 bits per heavy atom. The Labute approximate surface area is 185 Å². The van der Waals surface area contributed by atoms with Crippen molar-refractivity contribution < 1.29 is 18.7 Å². The molecule has 31 heavy (non-hydrogen) atoms. The highest BCUT2D eigenvalue weighted by atomic mass is 32.1. The minimum Gasteiger partial charge on any atom is -0.487 e. The standard InChI is InChI=1S/C24H27NO5S/c1-4-16-11-21(27)29-23-17-5-8-24(2,3)30-18(17)12-19(22(16)23)28-13-20(26)25-9-6-15-7-10-31-14-15/h7,10-12,14H,4-6,8-9,13H2,1-3H3,(H,25,26). The van der Waals surface area contributed by atoms with Crippen molar-refractivity contribution in [3.05, 3.63) is 56.1 Å². The third-order valence-electron chi connectivity index (χ3n) is 5.54. The lowest BCUT2D eigenvalue weighted by Gasteiger charge is -2.33. The lowest BCUT2D eigenvalue weighted by Crippen LogP contribution is -2.33. The van der Waals surface area contributed by atoms with E-state index in [-0.39, 0.29) is 23.7 Å². The molecule has 0 fully saturated rings. The number of fused-ring (bicyclic) bond motifs is 3. The van der Waals surface area contributed by atoms with Crippen LogP contribution in [0.2, 0.25) is 0 Å². The maximum absolute atomic E-state index is 12.3. The van der Waals surface area contributed by atoms with Crippen LogP contribution >= 0.6 is 11.3 Å². The van der Waals surface area contributed by atoms with E-state index in [0.29, 0.717) is 30.0 Å². The molecule has 3 aromatic rings. The van der Waals surface area contributed by atoms with E-state index >= 15 is 0 Å². The summed E-state index contributed by atoms with van der Waals surface area (Å²) in [5, 5.41) is 7.73. The largest absolute Gasteiger partial charge is 0.487 e. The monoisotopic (exact) mass is 441 g/mol. The summed E-state index contributed by atoms with van der Waals surface area (Å²) in [6.45, 7) is 6.47. The first-order valence-corrected chi connectivity index (χ1v) is 11.5. The number of benzene rings is 1. The predicted octanol–water partition coefficient (Wildman–Crippen LogP) is 4.26. The normalized spacial score (nSPS) is 14.7. The molecule has 0 spiro atoms. The fraction of sp³-hybridized carbons (Fsp3) is 0.417. The zero-order valence-corrected chi connectivity index (χ0v) is 18.9. The number of amides is 1. The van der Waals surface area contributed by atoms with Gasteiger partial charge in [-0.1, -0.05) is 6.92 Å². The zero-order valence-electron chi connectivity index (χ0n) is 18.1. The molecule has 1 N–H and O–H groups in total. The summed E-state index contributed by atoms with van der Waals surface area (Å²) in [5.74, 6) is 0.950.